The Morgan fingerprint density at radius 2 is 1.71 bits per heavy atom. The lowest BCUT2D eigenvalue weighted by atomic mass is 9.90. The van der Waals surface area contributed by atoms with Gasteiger partial charge in [0.2, 0.25) is 0 Å². The van der Waals surface area contributed by atoms with E-state index < -0.39 is 5.54 Å². The molecule has 0 radical (unpaired) electrons. The van der Waals surface area contributed by atoms with Crippen molar-refractivity contribution in [3.63, 3.8) is 0 Å². The lowest BCUT2D eigenvalue weighted by molar-refractivity contribution is -0.124. The molecule has 0 spiro atoms. The van der Waals surface area contributed by atoms with Crippen LogP contribution in [0.3, 0.4) is 0 Å². The van der Waals surface area contributed by atoms with Crippen molar-refractivity contribution in [3.8, 4) is 5.75 Å². The molecule has 1 unspecified atom stereocenters. The molecule has 6 heteroatoms. The zero-order valence-corrected chi connectivity index (χ0v) is 15.2. The van der Waals surface area contributed by atoms with Gasteiger partial charge in [-0.05, 0) is 55.3 Å². The van der Waals surface area contributed by atoms with Crippen LogP contribution < -0.4 is 4.90 Å². The summed E-state index contributed by atoms with van der Waals surface area (Å²) in [5.41, 5.74) is 0.931. The van der Waals surface area contributed by atoms with Crippen LogP contribution in [0.15, 0.2) is 46.9 Å². The van der Waals surface area contributed by atoms with E-state index in [4.69, 9.17) is 0 Å². The third-order valence-electron chi connectivity index (χ3n) is 4.60. The zero-order valence-electron chi connectivity index (χ0n) is 13.6. The van der Waals surface area contributed by atoms with Crippen LogP contribution in [0.25, 0.3) is 0 Å². The van der Waals surface area contributed by atoms with Crippen molar-refractivity contribution in [2.45, 2.75) is 19.4 Å². The minimum Gasteiger partial charge on any atom is -0.508 e. The lowest BCUT2D eigenvalue weighted by Crippen LogP contribution is -2.42. The number of benzene rings is 2. The third-order valence-corrected chi connectivity index (χ3v) is 5.09. The maximum absolute atomic E-state index is 13.2. The summed E-state index contributed by atoms with van der Waals surface area (Å²) in [5.74, 6) is -0.200. The van der Waals surface area contributed by atoms with E-state index in [1.807, 2.05) is 13.0 Å². The van der Waals surface area contributed by atoms with Crippen LogP contribution in [0, 0.1) is 6.92 Å². The number of imide groups is 1. The van der Waals surface area contributed by atoms with E-state index in [0.29, 0.717) is 11.3 Å². The summed E-state index contributed by atoms with van der Waals surface area (Å²) in [6, 6.07) is 11.4. The first-order chi connectivity index (χ1) is 11.3. The number of carbonyl (C=O) groups excluding carboxylic acids is 2. The van der Waals surface area contributed by atoms with Crippen LogP contribution in [-0.2, 0) is 10.3 Å². The van der Waals surface area contributed by atoms with Gasteiger partial charge in [0, 0.05) is 11.5 Å². The zero-order chi connectivity index (χ0) is 17.6. The van der Waals surface area contributed by atoms with E-state index in [9.17, 15) is 14.7 Å². The van der Waals surface area contributed by atoms with Gasteiger partial charge in [-0.3, -0.25) is 4.79 Å². The number of urea groups is 1. The molecule has 24 heavy (non-hydrogen) atoms. The second-order valence-corrected chi connectivity index (χ2v) is 6.95. The smallest absolute Gasteiger partial charge is 0.332 e. The van der Waals surface area contributed by atoms with Gasteiger partial charge in [0.25, 0.3) is 5.91 Å². The Labute approximate surface area is 148 Å². The molecular weight excluding hydrogens is 372 g/mol. The van der Waals surface area contributed by atoms with Gasteiger partial charge < -0.3 is 10.0 Å². The standard InChI is InChI=1S/C18H17BrN2O3/c1-11-10-13(19)6-9-15(11)21-16(23)18(2,20(3)17(21)24)12-4-7-14(22)8-5-12/h4-10,22H,1-3H3. The summed E-state index contributed by atoms with van der Waals surface area (Å²) in [6.07, 6.45) is 0. The molecule has 0 bridgehead atoms. The summed E-state index contributed by atoms with van der Waals surface area (Å²) in [4.78, 5) is 28.6. The number of amides is 3. The van der Waals surface area contributed by atoms with E-state index in [-0.39, 0.29) is 17.7 Å². The average Bonchev–Trinajstić information content (AvgIpc) is 2.71. The molecule has 0 aliphatic carbocycles. The van der Waals surface area contributed by atoms with Gasteiger partial charge in [-0.1, -0.05) is 28.1 Å². The first-order valence-electron chi connectivity index (χ1n) is 7.45. The summed E-state index contributed by atoms with van der Waals surface area (Å²) in [5, 5.41) is 9.48. The van der Waals surface area contributed by atoms with Crippen LogP contribution in [0.5, 0.6) is 5.75 Å². The van der Waals surface area contributed by atoms with Crippen LogP contribution in [0.2, 0.25) is 0 Å². The van der Waals surface area contributed by atoms with Crippen molar-refractivity contribution in [3.05, 3.63) is 58.1 Å². The lowest BCUT2D eigenvalue weighted by Gasteiger charge is -2.28. The molecule has 1 fully saturated rings. The van der Waals surface area contributed by atoms with Gasteiger partial charge in [-0.25, -0.2) is 9.69 Å². The number of phenols is 1. The van der Waals surface area contributed by atoms with Crippen molar-refractivity contribution in [2.75, 3.05) is 11.9 Å². The maximum Gasteiger partial charge on any atom is 0.332 e. The number of nitrogens with zero attached hydrogens (tertiary/aromatic N) is 2. The Bertz CT molecular complexity index is 835. The average molecular weight is 389 g/mol. The molecule has 3 rings (SSSR count). The fraction of sp³-hybridized carbons (Fsp3) is 0.222. The molecule has 0 saturated carbocycles. The summed E-state index contributed by atoms with van der Waals surface area (Å²) < 4.78 is 0.887. The highest BCUT2D eigenvalue weighted by molar-refractivity contribution is 9.10. The van der Waals surface area contributed by atoms with Crippen LogP contribution in [0.4, 0.5) is 10.5 Å². The highest BCUT2D eigenvalue weighted by Gasteiger charge is 2.54. The van der Waals surface area contributed by atoms with E-state index in [1.54, 1.807) is 38.2 Å². The minimum absolute atomic E-state index is 0.113. The summed E-state index contributed by atoms with van der Waals surface area (Å²) in [6.45, 7) is 3.57. The predicted octanol–water partition coefficient (Wildman–Crippen LogP) is 3.78. The van der Waals surface area contributed by atoms with E-state index in [0.717, 1.165) is 10.0 Å². The molecule has 0 aromatic heterocycles. The number of hydrogen-bond donors (Lipinski definition) is 1. The fourth-order valence-corrected chi connectivity index (χ4v) is 3.45. The molecule has 1 saturated heterocycles. The molecule has 5 nitrogen and oxygen atoms in total. The van der Waals surface area contributed by atoms with E-state index in [1.165, 1.54) is 21.9 Å². The Hall–Kier alpha value is -2.34. The molecule has 124 valence electrons. The Morgan fingerprint density at radius 1 is 1.08 bits per heavy atom. The molecule has 2 aromatic rings. The highest BCUT2D eigenvalue weighted by Crippen LogP contribution is 2.40. The first-order valence-corrected chi connectivity index (χ1v) is 8.24. The van der Waals surface area contributed by atoms with E-state index >= 15 is 0 Å². The number of phenolic OH excluding ortho intramolecular Hbond substituents is 1. The minimum atomic E-state index is -1.12. The van der Waals surface area contributed by atoms with Gasteiger partial charge in [0.15, 0.2) is 0 Å². The Kier molecular flexibility index (Phi) is 3.87. The fourth-order valence-electron chi connectivity index (χ4n) is 2.97. The van der Waals surface area contributed by atoms with Gasteiger partial charge in [0.05, 0.1) is 5.69 Å². The number of rotatable bonds is 2. The number of hydrogen-bond acceptors (Lipinski definition) is 3. The number of halogens is 1. The van der Waals surface area contributed by atoms with Crippen molar-refractivity contribution < 1.29 is 14.7 Å². The largest absolute Gasteiger partial charge is 0.508 e. The van der Waals surface area contributed by atoms with Gasteiger partial charge >= 0.3 is 6.03 Å². The van der Waals surface area contributed by atoms with Crippen LogP contribution >= 0.6 is 15.9 Å². The second kappa shape index (κ2) is 5.63. The normalized spacial score (nSPS) is 20.8. The molecular formula is C18H17BrN2O3. The Morgan fingerprint density at radius 3 is 2.29 bits per heavy atom. The van der Waals surface area contributed by atoms with Crippen molar-refractivity contribution in [1.82, 2.24) is 4.90 Å². The number of aryl methyl sites for hydroxylation is 1. The topological polar surface area (TPSA) is 60.9 Å². The monoisotopic (exact) mass is 388 g/mol. The third kappa shape index (κ3) is 2.29. The Balaban J connectivity index is 2.11. The maximum atomic E-state index is 13.2. The number of likely N-dealkylation sites (N-methyl/N-ethyl adjacent to an activating group) is 1. The summed E-state index contributed by atoms with van der Waals surface area (Å²) in [7, 11) is 1.61. The highest BCUT2D eigenvalue weighted by atomic mass is 79.9. The van der Waals surface area contributed by atoms with Gasteiger partial charge in [-0.15, -0.1) is 0 Å². The summed E-state index contributed by atoms with van der Waals surface area (Å²) >= 11 is 3.39. The SMILES string of the molecule is Cc1cc(Br)ccc1N1C(=O)N(C)C(C)(c2ccc(O)cc2)C1=O. The van der Waals surface area contributed by atoms with Crippen molar-refractivity contribution >= 4 is 33.6 Å². The first kappa shape index (κ1) is 16.5. The quantitative estimate of drug-likeness (QED) is 0.796. The number of anilines is 1. The molecule has 2 aromatic carbocycles. The second-order valence-electron chi connectivity index (χ2n) is 6.03. The molecule has 3 amide bonds. The van der Waals surface area contributed by atoms with Gasteiger partial charge in [-0.2, -0.15) is 0 Å². The number of aromatic hydroxyl groups is 1. The molecule has 1 aliphatic rings. The van der Waals surface area contributed by atoms with E-state index in [2.05, 4.69) is 15.9 Å². The predicted molar refractivity (Wildman–Crippen MR) is 95.0 cm³/mol. The van der Waals surface area contributed by atoms with Crippen molar-refractivity contribution in [2.24, 2.45) is 0 Å². The van der Waals surface area contributed by atoms with Gasteiger partial charge in [0.1, 0.15) is 11.3 Å². The molecule has 1 heterocycles. The number of carbonyl (C=O) groups is 2. The molecule has 1 N–H and O–H groups in total. The van der Waals surface area contributed by atoms with Crippen LogP contribution in [0.1, 0.15) is 18.1 Å². The van der Waals surface area contributed by atoms with Crippen molar-refractivity contribution in [1.29, 1.82) is 0 Å². The molecule has 1 aliphatic heterocycles. The van der Waals surface area contributed by atoms with Crippen LogP contribution in [-0.4, -0.2) is 29.0 Å². The molecule has 1 atom stereocenters.